The average Bonchev–Trinajstić information content (AvgIpc) is 4.01. The molecule has 0 saturated heterocycles. The summed E-state index contributed by atoms with van der Waals surface area (Å²) in [7, 11) is 0. The molecule has 0 unspecified atom stereocenters. The molecule has 0 radical (unpaired) electrons. The summed E-state index contributed by atoms with van der Waals surface area (Å²) in [6.07, 6.45) is 1.25. The molecule has 3 aliphatic heterocycles. The number of phenolic OH excluding ortho intramolecular Hbond substituents is 9. The van der Waals surface area contributed by atoms with E-state index in [9.17, 15) is 46.0 Å². The molecular weight excluding hydrogens is 865 g/mol. The second-order valence-electron chi connectivity index (χ2n) is 17.4. The molecule has 0 spiro atoms. The van der Waals surface area contributed by atoms with E-state index in [0.717, 1.165) is 5.56 Å². The number of aromatic hydroxyl groups is 9. The van der Waals surface area contributed by atoms with Crippen LogP contribution in [-0.2, 0) is 0 Å². The molecule has 0 fully saturated rings. The van der Waals surface area contributed by atoms with Crippen molar-refractivity contribution in [3.05, 3.63) is 213 Å². The van der Waals surface area contributed by atoms with Gasteiger partial charge < -0.3 is 60.2 Å². The quantitative estimate of drug-likeness (QED) is 0.0652. The van der Waals surface area contributed by atoms with Gasteiger partial charge in [0.1, 0.15) is 87.3 Å². The maximum absolute atomic E-state index is 11.8. The highest BCUT2D eigenvalue weighted by Gasteiger charge is 2.49. The van der Waals surface area contributed by atoms with Crippen molar-refractivity contribution >= 4 is 12.2 Å². The van der Waals surface area contributed by atoms with Crippen molar-refractivity contribution in [2.75, 3.05) is 0 Å². The molecule has 11 rings (SSSR count). The first-order valence-electron chi connectivity index (χ1n) is 21.8. The molecule has 0 aromatic heterocycles. The molecule has 0 bridgehead atoms. The lowest BCUT2D eigenvalue weighted by atomic mass is 9.73. The van der Waals surface area contributed by atoms with Gasteiger partial charge in [-0.2, -0.15) is 0 Å². The standard InChI is InChI=1S/C56H42O12/c57-34-11-2-28(3-12-34)1-4-32-19-40(63)25-45-48(32)52(55(66-45)30-7-15-36(59)16-8-30)44-24-42(65)27-47-51(44)53(56(68-47)31-9-17-37(60)18-10-31)43-23-41(64)26-46-50(43)49(33-20-38(61)22-39(62)21-33)54(67-46)29-5-13-35(58)14-6-29/h1-27,49,52-65H/b4-1-/t49-,52+,53+,54+,55-,56-/m1/s1. The highest BCUT2D eigenvalue weighted by molar-refractivity contribution is 5.76. The van der Waals surface area contributed by atoms with Crippen LogP contribution in [0.15, 0.2) is 152 Å². The van der Waals surface area contributed by atoms with Crippen LogP contribution in [0.4, 0.5) is 0 Å². The number of benzene rings is 8. The third-order valence-electron chi connectivity index (χ3n) is 13.0. The van der Waals surface area contributed by atoms with Crippen molar-refractivity contribution in [3.8, 4) is 69.0 Å². The lowest BCUT2D eigenvalue weighted by molar-refractivity contribution is 0.219. The number of phenols is 9. The maximum atomic E-state index is 11.8. The van der Waals surface area contributed by atoms with E-state index in [1.165, 1.54) is 36.4 Å². The summed E-state index contributed by atoms with van der Waals surface area (Å²) in [4.78, 5) is 0. The minimum atomic E-state index is -0.856. The molecule has 338 valence electrons. The molecule has 0 saturated carbocycles. The largest absolute Gasteiger partial charge is 0.508 e. The van der Waals surface area contributed by atoms with Crippen LogP contribution in [0.2, 0.25) is 0 Å². The Morgan fingerprint density at radius 2 is 0.647 bits per heavy atom. The molecule has 3 heterocycles. The second-order valence-corrected chi connectivity index (χ2v) is 17.4. The maximum Gasteiger partial charge on any atom is 0.135 e. The fourth-order valence-corrected chi connectivity index (χ4v) is 10.2. The summed E-state index contributed by atoms with van der Waals surface area (Å²) in [5.74, 6) is -1.73. The zero-order chi connectivity index (χ0) is 47.0. The Morgan fingerprint density at radius 3 is 1.10 bits per heavy atom. The zero-order valence-corrected chi connectivity index (χ0v) is 35.8. The Balaban J connectivity index is 1.18. The number of fused-ring (bicyclic) bond motifs is 3. The van der Waals surface area contributed by atoms with Gasteiger partial charge in [-0.15, -0.1) is 0 Å². The van der Waals surface area contributed by atoms with Crippen molar-refractivity contribution in [3.63, 3.8) is 0 Å². The molecule has 9 N–H and O–H groups in total. The van der Waals surface area contributed by atoms with Crippen LogP contribution >= 0.6 is 0 Å². The van der Waals surface area contributed by atoms with E-state index in [1.807, 2.05) is 12.2 Å². The molecule has 8 aromatic rings. The SMILES string of the molecule is Oc1ccc(/C=C\c2cc(O)cc3c2[C@H](c2cc(O)cc4c2[C@H](c2cc(O)cc5c2[C@@H](c2cc(O)cc(O)c2)[C@H](c2ccc(O)cc2)O5)[C@@H](c2ccc(O)cc2)O4)[C@@H](c2ccc(O)cc2)O3)cc1. The molecule has 3 aliphatic rings. The van der Waals surface area contributed by atoms with E-state index >= 15 is 0 Å². The van der Waals surface area contributed by atoms with Crippen LogP contribution in [-0.4, -0.2) is 46.0 Å². The normalized spacial score (nSPS) is 20.0. The van der Waals surface area contributed by atoms with Crippen molar-refractivity contribution in [2.24, 2.45) is 0 Å². The lowest BCUT2D eigenvalue weighted by Crippen LogP contribution is -2.18. The van der Waals surface area contributed by atoms with Gasteiger partial charge in [0.25, 0.3) is 0 Å². The second kappa shape index (κ2) is 16.2. The predicted molar refractivity (Wildman–Crippen MR) is 251 cm³/mol. The van der Waals surface area contributed by atoms with E-state index in [0.29, 0.717) is 72.9 Å². The van der Waals surface area contributed by atoms with Gasteiger partial charge in [0, 0.05) is 41.0 Å². The Labute approximate surface area is 389 Å². The van der Waals surface area contributed by atoms with Gasteiger partial charge in [-0.05, 0) is 123 Å². The van der Waals surface area contributed by atoms with Crippen molar-refractivity contribution < 1.29 is 60.2 Å². The summed E-state index contributed by atoms with van der Waals surface area (Å²) in [5, 5.41) is 97.7. The minimum Gasteiger partial charge on any atom is -0.508 e. The Hall–Kier alpha value is -8.90. The van der Waals surface area contributed by atoms with Gasteiger partial charge in [-0.3, -0.25) is 0 Å². The number of hydrogen-bond acceptors (Lipinski definition) is 12. The predicted octanol–water partition coefficient (Wildman–Crippen LogP) is 11.0. The fraction of sp³-hybridized carbons (Fsp3) is 0.107. The summed E-state index contributed by atoms with van der Waals surface area (Å²) in [6.45, 7) is 0. The molecule has 12 nitrogen and oxygen atoms in total. The lowest BCUT2D eigenvalue weighted by Gasteiger charge is -2.28. The highest BCUT2D eigenvalue weighted by Crippen LogP contribution is 2.63. The Kier molecular flexibility index (Phi) is 9.96. The van der Waals surface area contributed by atoms with E-state index in [1.54, 1.807) is 115 Å². The molecule has 6 atom stereocenters. The van der Waals surface area contributed by atoms with E-state index in [4.69, 9.17) is 14.2 Å². The number of rotatable bonds is 8. The Morgan fingerprint density at radius 1 is 0.294 bits per heavy atom. The molecule has 0 aliphatic carbocycles. The van der Waals surface area contributed by atoms with Gasteiger partial charge in [-0.25, -0.2) is 0 Å². The van der Waals surface area contributed by atoms with Crippen LogP contribution in [0.3, 0.4) is 0 Å². The van der Waals surface area contributed by atoms with Crippen LogP contribution < -0.4 is 14.2 Å². The van der Waals surface area contributed by atoms with E-state index < -0.39 is 36.1 Å². The van der Waals surface area contributed by atoms with Crippen LogP contribution in [0, 0.1) is 0 Å². The Bertz CT molecular complexity index is 3250. The van der Waals surface area contributed by atoms with Crippen LogP contribution in [0.1, 0.15) is 97.3 Å². The fourth-order valence-electron chi connectivity index (χ4n) is 10.2. The first-order chi connectivity index (χ1) is 32.8. The zero-order valence-electron chi connectivity index (χ0n) is 35.8. The van der Waals surface area contributed by atoms with Gasteiger partial charge in [0.15, 0.2) is 0 Å². The van der Waals surface area contributed by atoms with Crippen molar-refractivity contribution in [2.45, 2.75) is 36.1 Å². The minimum absolute atomic E-state index is 0.0267. The van der Waals surface area contributed by atoms with Gasteiger partial charge in [0.05, 0.1) is 17.8 Å². The average molecular weight is 907 g/mol. The summed E-state index contributed by atoms with van der Waals surface area (Å²) in [6, 6.07) is 40.2. The third-order valence-corrected chi connectivity index (χ3v) is 13.0. The number of hydrogen-bond donors (Lipinski definition) is 9. The summed E-state index contributed by atoms with van der Waals surface area (Å²) >= 11 is 0. The molecule has 0 amide bonds. The van der Waals surface area contributed by atoms with Crippen molar-refractivity contribution in [1.82, 2.24) is 0 Å². The smallest absolute Gasteiger partial charge is 0.135 e. The third kappa shape index (κ3) is 7.37. The molecular formula is C56H42O12. The highest BCUT2D eigenvalue weighted by atomic mass is 16.5. The van der Waals surface area contributed by atoms with Gasteiger partial charge in [0.2, 0.25) is 0 Å². The molecule has 12 heteroatoms. The molecule has 8 aromatic carbocycles. The first-order valence-corrected chi connectivity index (χ1v) is 21.8. The van der Waals surface area contributed by atoms with Crippen molar-refractivity contribution in [1.29, 1.82) is 0 Å². The number of ether oxygens (including phenoxy) is 3. The summed E-state index contributed by atoms with van der Waals surface area (Å²) in [5.41, 5.74) is 6.86. The van der Waals surface area contributed by atoms with Gasteiger partial charge >= 0.3 is 0 Å². The topological polar surface area (TPSA) is 210 Å². The van der Waals surface area contributed by atoms with E-state index in [-0.39, 0.29) is 51.7 Å². The van der Waals surface area contributed by atoms with Gasteiger partial charge in [-0.1, -0.05) is 60.7 Å². The first kappa shape index (κ1) is 41.8. The summed E-state index contributed by atoms with van der Waals surface area (Å²) < 4.78 is 20.6. The molecule has 68 heavy (non-hydrogen) atoms. The van der Waals surface area contributed by atoms with E-state index in [2.05, 4.69) is 0 Å². The van der Waals surface area contributed by atoms with Crippen LogP contribution in [0.5, 0.6) is 69.0 Å². The van der Waals surface area contributed by atoms with Crippen LogP contribution in [0.25, 0.3) is 12.2 Å². The monoisotopic (exact) mass is 906 g/mol.